The van der Waals surface area contributed by atoms with Crippen LogP contribution in [0, 0.1) is 0 Å². The molecule has 2 heterocycles. The molecule has 2 aliphatic rings. The number of benzene rings is 2. The highest BCUT2D eigenvalue weighted by Gasteiger charge is 2.30. The number of likely N-dealkylation sites (tertiary alicyclic amines) is 1. The zero-order chi connectivity index (χ0) is 23.8. The van der Waals surface area contributed by atoms with Crippen LogP contribution in [0.1, 0.15) is 24.8 Å². The van der Waals surface area contributed by atoms with Crippen LogP contribution >= 0.6 is 11.3 Å². The van der Waals surface area contributed by atoms with Crippen molar-refractivity contribution in [2.45, 2.75) is 52.0 Å². The number of sulfone groups is 1. The van der Waals surface area contributed by atoms with Gasteiger partial charge in [-0.15, -0.1) is 11.3 Å². The van der Waals surface area contributed by atoms with Crippen LogP contribution in [0.25, 0.3) is 0 Å². The molecule has 10 heteroatoms. The molecule has 2 fully saturated rings. The summed E-state index contributed by atoms with van der Waals surface area (Å²) in [6.07, 6.45) is 3.32. The molecule has 1 saturated carbocycles. The summed E-state index contributed by atoms with van der Waals surface area (Å²) in [6, 6.07) is 17.1. The SMILES string of the molecule is O=S(=O)(N[C@@H]1CCN(Cc2ccc(OC3CC3)cc2)C1)c1cc(S(=O)(=O)c2ccccc2)cs1. The molecule has 34 heavy (non-hydrogen) atoms. The first-order valence-corrected chi connectivity index (χ1v) is 15.0. The topological polar surface area (TPSA) is 92.8 Å². The molecule has 1 aromatic heterocycles. The van der Waals surface area contributed by atoms with Crippen LogP contribution in [-0.4, -0.2) is 47.0 Å². The van der Waals surface area contributed by atoms with E-state index >= 15 is 0 Å². The monoisotopic (exact) mass is 518 g/mol. The Kier molecular flexibility index (Phi) is 6.51. The van der Waals surface area contributed by atoms with Crippen LogP contribution in [0.5, 0.6) is 5.75 Å². The third-order valence-corrected chi connectivity index (χ3v) is 10.8. The number of thiophene rings is 1. The van der Waals surface area contributed by atoms with Crippen molar-refractivity contribution >= 4 is 31.2 Å². The Labute approximate surface area is 204 Å². The van der Waals surface area contributed by atoms with Crippen LogP contribution < -0.4 is 9.46 Å². The zero-order valence-electron chi connectivity index (χ0n) is 18.5. The Balaban J connectivity index is 1.19. The fourth-order valence-electron chi connectivity index (χ4n) is 3.98. The Morgan fingerprint density at radius 1 is 0.941 bits per heavy atom. The number of ether oxygens (including phenoxy) is 1. The van der Waals surface area contributed by atoms with Crippen molar-refractivity contribution in [3.63, 3.8) is 0 Å². The third-order valence-electron chi connectivity index (χ3n) is 5.93. The summed E-state index contributed by atoms with van der Waals surface area (Å²) in [6.45, 7) is 2.12. The van der Waals surface area contributed by atoms with Crippen LogP contribution in [0.15, 0.2) is 80.0 Å². The predicted molar refractivity (Wildman–Crippen MR) is 130 cm³/mol. The van der Waals surface area contributed by atoms with Crippen molar-refractivity contribution in [1.29, 1.82) is 0 Å². The van der Waals surface area contributed by atoms with E-state index in [1.165, 1.54) is 23.6 Å². The molecule has 7 nitrogen and oxygen atoms in total. The van der Waals surface area contributed by atoms with Crippen molar-refractivity contribution in [2.24, 2.45) is 0 Å². The Bertz CT molecular complexity index is 1350. The molecule has 0 spiro atoms. The second-order valence-corrected chi connectivity index (χ2v) is 13.5. The molecular weight excluding hydrogens is 492 g/mol. The van der Waals surface area contributed by atoms with Crippen LogP contribution in [0.3, 0.4) is 0 Å². The Morgan fingerprint density at radius 2 is 1.68 bits per heavy atom. The maximum Gasteiger partial charge on any atom is 0.250 e. The highest BCUT2D eigenvalue weighted by atomic mass is 32.2. The fourth-order valence-corrected chi connectivity index (χ4v) is 8.16. The van der Waals surface area contributed by atoms with Crippen LogP contribution in [0.2, 0.25) is 0 Å². The molecule has 1 N–H and O–H groups in total. The summed E-state index contributed by atoms with van der Waals surface area (Å²) in [5.74, 6) is 0.892. The number of hydrogen-bond acceptors (Lipinski definition) is 7. The summed E-state index contributed by atoms with van der Waals surface area (Å²) >= 11 is 0.920. The minimum absolute atomic E-state index is 0.00621. The first-order valence-electron chi connectivity index (χ1n) is 11.2. The van der Waals surface area contributed by atoms with Crippen molar-refractivity contribution in [1.82, 2.24) is 9.62 Å². The molecule has 180 valence electrons. The van der Waals surface area contributed by atoms with E-state index in [4.69, 9.17) is 4.74 Å². The first-order chi connectivity index (χ1) is 16.3. The van der Waals surface area contributed by atoms with Crippen molar-refractivity contribution < 1.29 is 21.6 Å². The smallest absolute Gasteiger partial charge is 0.250 e. The van der Waals surface area contributed by atoms with Gasteiger partial charge in [-0.1, -0.05) is 30.3 Å². The molecule has 3 aromatic rings. The second-order valence-electron chi connectivity index (χ2n) is 8.72. The molecule has 0 bridgehead atoms. The maximum atomic E-state index is 12.9. The molecule has 0 radical (unpaired) electrons. The van der Waals surface area contributed by atoms with E-state index in [2.05, 4.69) is 21.8 Å². The molecular formula is C24H26N2O5S3. The number of rotatable bonds is 9. The highest BCUT2D eigenvalue weighted by Crippen LogP contribution is 2.29. The lowest BCUT2D eigenvalue weighted by atomic mass is 10.2. The number of hydrogen-bond donors (Lipinski definition) is 1. The van der Waals surface area contributed by atoms with Gasteiger partial charge in [-0.2, -0.15) is 0 Å². The molecule has 0 amide bonds. The van der Waals surface area contributed by atoms with E-state index < -0.39 is 19.9 Å². The average molecular weight is 519 g/mol. The molecule has 1 saturated heterocycles. The van der Waals surface area contributed by atoms with E-state index in [1.54, 1.807) is 18.2 Å². The number of nitrogens with zero attached hydrogens (tertiary/aromatic N) is 1. The standard InChI is InChI=1S/C24H26N2O5S3/c27-33(28,22-4-2-1-3-5-22)23-14-24(32-17-23)34(29,30)25-19-12-13-26(16-19)15-18-6-8-20(9-7-18)31-21-10-11-21/h1-9,14,17,19,21,25H,10-13,15-16H2/t19-/m1/s1. The summed E-state index contributed by atoms with van der Waals surface area (Å²) in [4.78, 5) is 2.35. The van der Waals surface area contributed by atoms with E-state index in [0.29, 0.717) is 19.1 Å². The van der Waals surface area contributed by atoms with Gasteiger partial charge in [0, 0.05) is 31.1 Å². The van der Waals surface area contributed by atoms with Gasteiger partial charge < -0.3 is 4.74 Å². The summed E-state index contributed by atoms with van der Waals surface area (Å²) in [5, 5.41) is 1.38. The quantitative estimate of drug-likeness (QED) is 0.465. The first kappa shape index (κ1) is 23.5. The van der Waals surface area contributed by atoms with Crippen LogP contribution in [0.4, 0.5) is 0 Å². The lowest BCUT2D eigenvalue weighted by Crippen LogP contribution is -2.36. The molecule has 2 aromatic carbocycles. The maximum absolute atomic E-state index is 12.9. The van der Waals surface area contributed by atoms with E-state index in [-0.39, 0.29) is 20.0 Å². The summed E-state index contributed by atoms with van der Waals surface area (Å²) in [5.41, 5.74) is 1.15. The van der Waals surface area contributed by atoms with Gasteiger partial charge in [0.2, 0.25) is 19.9 Å². The number of sulfonamides is 1. The lowest BCUT2D eigenvalue weighted by molar-refractivity contribution is 0.302. The van der Waals surface area contributed by atoms with E-state index in [1.807, 2.05) is 12.1 Å². The average Bonchev–Trinajstić information content (AvgIpc) is 3.29. The van der Waals surface area contributed by atoms with Gasteiger partial charge in [-0.25, -0.2) is 21.6 Å². The highest BCUT2D eigenvalue weighted by molar-refractivity contribution is 7.93. The molecule has 1 aliphatic carbocycles. The van der Waals surface area contributed by atoms with Crippen LogP contribution in [-0.2, 0) is 26.4 Å². The van der Waals surface area contributed by atoms with Crippen molar-refractivity contribution in [3.8, 4) is 5.75 Å². The minimum Gasteiger partial charge on any atom is -0.490 e. The van der Waals surface area contributed by atoms with Crippen molar-refractivity contribution in [3.05, 3.63) is 71.6 Å². The zero-order valence-corrected chi connectivity index (χ0v) is 20.9. The van der Waals surface area contributed by atoms with Crippen molar-refractivity contribution in [2.75, 3.05) is 13.1 Å². The molecule has 0 unspecified atom stereocenters. The van der Waals surface area contributed by atoms with Gasteiger partial charge in [0.05, 0.1) is 15.9 Å². The Morgan fingerprint density at radius 3 is 2.38 bits per heavy atom. The van der Waals surface area contributed by atoms with Gasteiger partial charge in [0.15, 0.2) is 0 Å². The molecule has 5 rings (SSSR count). The predicted octanol–water partition coefficient (Wildman–Crippen LogP) is 3.67. The van der Waals surface area contributed by atoms with Gasteiger partial charge in [0.25, 0.3) is 0 Å². The Hall–Kier alpha value is -2.24. The van der Waals surface area contributed by atoms with Gasteiger partial charge in [-0.05, 0) is 55.2 Å². The number of nitrogens with one attached hydrogen (secondary N) is 1. The van der Waals surface area contributed by atoms with Gasteiger partial charge in [0.1, 0.15) is 9.96 Å². The summed E-state index contributed by atoms with van der Waals surface area (Å²) in [7, 11) is -7.57. The van der Waals surface area contributed by atoms with E-state index in [9.17, 15) is 16.8 Å². The second kappa shape index (κ2) is 9.43. The summed E-state index contributed by atoms with van der Waals surface area (Å²) < 4.78 is 60.0. The third kappa shape index (κ3) is 5.36. The van der Waals surface area contributed by atoms with E-state index in [0.717, 1.165) is 48.6 Å². The van der Waals surface area contributed by atoms with Gasteiger partial charge >= 0.3 is 0 Å². The normalized spacial score (nSPS) is 19.4. The minimum atomic E-state index is -3.81. The largest absolute Gasteiger partial charge is 0.490 e. The molecule has 1 atom stereocenters. The lowest BCUT2D eigenvalue weighted by Gasteiger charge is -2.17. The van der Waals surface area contributed by atoms with Gasteiger partial charge in [-0.3, -0.25) is 4.90 Å². The fraction of sp³-hybridized carbons (Fsp3) is 0.333. The molecule has 1 aliphatic heterocycles.